The van der Waals surface area contributed by atoms with Crippen LogP contribution >= 0.6 is 11.8 Å². The molecule has 0 fully saturated rings. The molecular formula is C19H17N3O2S. The van der Waals surface area contributed by atoms with E-state index in [-0.39, 0.29) is 11.9 Å². The first-order chi connectivity index (χ1) is 12.3. The minimum Gasteiger partial charge on any atom is -0.491 e. The van der Waals surface area contributed by atoms with Crippen LogP contribution in [0, 0.1) is 0 Å². The fraction of sp³-hybridized carbons (Fsp3) is 0.158. The zero-order chi connectivity index (χ0) is 17.2. The summed E-state index contributed by atoms with van der Waals surface area (Å²) in [4.78, 5) is 17.3. The molecule has 1 atom stereocenters. The van der Waals surface area contributed by atoms with E-state index in [0.717, 1.165) is 22.2 Å². The van der Waals surface area contributed by atoms with Crippen molar-refractivity contribution in [2.75, 3.05) is 12.9 Å². The number of para-hydroxylation sites is 2. The minimum absolute atomic E-state index is 0.152. The monoisotopic (exact) mass is 351 g/mol. The van der Waals surface area contributed by atoms with Crippen LogP contribution in [0.4, 0.5) is 0 Å². The fourth-order valence-electron chi connectivity index (χ4n) is 2.98. The van der Waals surface area contributed by atoms with E-state index in [4.69, 9.17) is 4.74 Å². The Morgan fingerprint density at radius 1 is 1.20 bits per heavy atom. The van der Waals surface area contributed by atoms with E-state index < -0.39 is 0 Å². The number of benzene rings is 2. The van der Waals surface area contributed by atoms with Crippen LogP contribution in [0.25, 0.3) is 5.69 Å². The maximum absolute atomic E-state index is 12.9. The van der Waals surface area contributed by atoms with Gasteiger partial charge in [0.1, 0.15) is 18.1 Å². The summed E-state index contributed by atoms with van der Waals surface area (Å²) >= 11 is 1.51. The molecule has 25 heavy (non-hydrogen) atoms. The number of thioether (sulfide) groups is 1. The third kappa shape index (κ3) is 2.89. The van der Waals surface area contributed by atoms with Gasteiger partial charge in [0.05, 0.1) is 12.2 Å². The molecule has 2 heterocycles. The summed E-state index contributed by atoms with van der Waals surface area (Å²) in [7, 11) is 0. The van der Waals surface area contributed by atoms with Gasteiger partial charge in [-0.1, -0.05) is 48.2 Å². The highest BCUT2D eigenvalue weighted by Crippen LogP contribution is 2.32. The van der Waals surface area contributed by atoms with Gasteiger partial charge in [-0.2, -0.15) is 0 Å². The third-order valence-electron chi connectivity index (χ3n) is 4.16. The molecule has 4 rings (SSSR count). The van der Waals surface area contributed by atoms with Crippen molar-refractivity contribution >= 4 is 17.7 Å². The highest BCUT2D eigenvalue weighted by Gasteiger charge is 2.27. The molecule has 0 bridgehead atoms. The van der Waals surface area contributed by atoms with E-state index in [1.165, 1.54) is 11.8 Å². The van der Waals surface area contributed by atoms with Gasteiger partial charge in [-0.3, -0.25) is 9.36 Å². The Morgan fingerprint density at radius 3 is 2.76 bits per heavy atom. The third-order valence-corrected chi connectivity index (χ3v) is 4.82. The molecule has 1 amide bonds. The van der Waals surface area contributed by atoms with Crippen molar-refractivity contribution in [3.63, 3.8) is 0 Å². The Bertz CT molecular complexity index is 908. The number of carbonyl (C=O) groups is 1. The van der Waals surface area contributed by atoms with Gasteiger partial charge in [-0.15, -0.1) is 0 Å². The van der Waals surface area contributed by atoms with E-state index in [1.807, 2.05) is 65.4 Å². The molecule has 0 aliphatic carbocycles. The molecule has 0 unspecified atom stereocenters. The summed E-state index contributed by atoms with van der Waals surface area (Å²) in [5, 5.41) is 3.84. The van der Waals surface area contributed by atoms with E-state index in [9.17, 15) is 4.79 Å². The van der Waals surface area contributed by atoms with Crippen molar-refractivity contribution in [1.82, 2.24) is 14.9 Å². The number of amides is 1. The average Bonchev–Trinajstić information content (AvgIpc) is 3.27. The molecule has 0 spiro atoms. The molecular weight excluding hydrogens is 334 g/mol. The molecule has 1 aliphatic rings. The number of ether oxygens (including phenoxy) is 1. The summed E-state index contributed by atoms with van der Waals surface area (Å²) in [5.41, 5.74) is 2.43. The van der Waals surface area contributed by atoms with Crippen LogP contribution < -0.4 is 10.1 Å². The summed E-state index contributed by atoms with van der Waals surface area (Å²) in [6.45, 7) is 0.444. The number of nitrogens with one attached hydrogen (secondary N) is 1. The molecule has 0 saturated heterocycles. The molecule has 3 aromatic rings. The second-order valence-corrected chi connectivity index (χ2v) is 6.45. The van der Waals surface area contributed by atoms with Crippen LogP contribution in [0.5, 0.6) is 5.75 Å². The van der Waals surface area contributed by atoms with Gasteiger partial charge < -0.3 is 10.1 Å². The topological polar surface area (TPSA) is 56.1 Å². The lowest BCUT2D eigenvalue weighted by Gasteiger charge is -2.14. The van der Waals surface area contributed by atoms with Crippen LogP contribution in [0.15, 0.2) is 66.0 Å². The number of hydrogen-bond donors (Lipinski definition) is 1. The molecule has 1 aromatic heterocycles. The maximum atomic E-state index is 12.9. The van der Waals surface area contributed by atoms with E-state index in [2.05, 4.69) is 10.3 Å². The van der Waals surface area contributed by atoms with Crippen molar-refractivity contribution < 1.29 is 9.53 Å². The first-order valence-electron chi connectivity index (χ1n) is 7.97. The smallest absolute Gasteiger partial charge is 0.270 e. The molecule has 5 nitrogen and oxygen atoms in total. The molecule has 1 aliphatic heterocycles. The number of rotatable bonds is 4. The van der Waals surface area contributed by atoms with E-state index in [1.54, 1.807) is 6.20 Å². The largest absolute Gasteiger partial charge is 0.491 e. The van der Waals surface area contributed by atoms with Gasteiger partial charge >= 0.3 is 0 Å². The van der Waals surface area contributed by atoms with Crippen molar-refractivity contribution in [1.29, 1.82) is 0 Å². The molecule has 126 valence electrons. The number of aromatic nitrogens is 2. The van der Waals surface area contributed by atoms with Crippen LogP contribution in [0.1, 0.15) is 22.1 Å². The predicted octanol–water partition coefficient (Wildman–Crippen LogP) is 3.46. The van der Waals surface area contributed by atoms with Crippen molar-refractivity contribution in [3.05, 3.63) is 72.1 Å². The Morgan fingerprint density at radius 2 is 1.96 bits per heavy atom. The first kappa shape index (κ1) is 15.8. The van der Waals surface area contributed by atoms with Gasteiger partial charge in [0.15, 0.2) is 5.16 Å². The van der Waals surface area contributed by atoms with E-state index >= 15 is 0 Å². The summed E-state index contributed by atoms with van der Waals surface area (Å²) in [6, 6.07) is 17.4. The first-order valence-corrected chi connectivity index (χ1v) is 9.20. The lowest BCUT2D eigenvalue weighted by molar-refractivity contribution is 0.0923. The Labute approximate surface area is 150 Å². The standard InChI is InChI=1S/C19H17N3O2S/c1-25-19-20-11-16(22(19)13-7-3-2-4-8-13)18(23)21-15-12-24-17-10-6-5-9-14(15)17/h2-11,15H,12H2,1H3,(H,21,23)/t15-/m1/s1. The maximum Gasteiger partial charge on any atom is 0.270 e. The fourth-order valence-corrected chi connectivity index (χ4v) is 3.52. The Hall–Kier alpha value is -2.73. The lowest BCUT2D eigenvalue weighted by Crippen LogP contribution is -2.31. The van der Waals surface area contributed by atoms with Gasteiger partial charge in [0.2, 0.25) is 0 Å². The zero-order valence-electron chi connectivity index (χ0n) is 13.7. The molecule has 0 saturated carbocycles. The minimum atomic E-state index is -0.165. The van der Waals surface area contributed by atoms with Gasteiger partial charge in [0, 0.05) is 11.3 Å². The number of fused-ring (bicyclic) bond motifs is 1. The van der Waals surface area contributed by atoms with Crippen molar-refractivity contribution in [2.24, 2.45) is 0 Å². The van der Waals surface area contributed by atoms with Crippen LogP contribution in [0.2, 0.25) is 0 Å². The Balaban J connectivity index is 1.65. The molecule has 1 N–H and O–H groups in total. The summed E-state index contributed by atoms with van der Waals surface area (Å²) in [6.07, 6.45) is 3.57. The van der Waals surface area contributed by atoms with Crippen LogP contribution in [-0.4, -0.2) is 28.3 Å². The number of carbonyl (C=O) groups excluding carboxylic acids is 1. The number of hydrogen-bond acceptors (Lipinski definition) is 4. The highest BCUT2D eigenvalue weighted by atomic mass is 32.2. The van der Waals surface area contributed by atoms with Gasteiger partial charge in [0.25, 0.3) is 5.91 Å². The normalized spacial score (nSPS) is 15.5. The van der Waals surface area contributed by atoms with E-state index in [0.29, 0.717) is 12.3 Å². The van der Waals surface area contributed by atoms with Crippen LogP contribution in [-0.2, 0) is 0 Å². The van der Waals surface area contributed by atoms with Crippen LogP contribution in [0.3, 0.4) is 0 Å². The number of imidazole rings is 1. The Kier molecular flexibility index (Phi) is 4.19. The molecule has 2 aromatic carbocycles. The van der Waals surface area contributed by atoms with Gasteiger partial charge in [-0.05, 0) is 24.5 Å². The molecule has 0 radical (unpaired) electrons. The SMILES string of the molecule is CSc1ncc(C(=O)N[C@@H]2COc3ccccc32)n1-c1ccccc1. The van der Waals surface area contributed by atoms with Crippen molar-refractivity contribution in [2.45, 2.75) is 11.2 Å². The number of nitrogens with zero attached hydrogens (tertiary/aromatic N) is 2. The average molecular weight is 351 g/mol. The van der Waals surface area contributed by atoms with Crippen molar-refractivity contribution in [3.8, 4) is 11.4 Å². The lowest BCUT2D eigenvalue weighted by atomic mass is 10.1. The summed E-state index contributed by atoms with van der Waals surface area (Å²) in [5.74, 6) is 0.663. The zero-order valence-corrected chi connectivity index (χ0v) is 14.5. The highest BCUT2D eigenvalue weighted by molar-refractivity contribution is 7.98. The van der Waals surface area contributed by atoms with Gasteiger partial charge in [-0.25, -0.2) is 4.98 Å². The quantitative estimate of drug-likeness (QED) is 0.732. The second kappa shape index (κ2) is 6.64. The molecule has 6 heteroatoms. The predicted molar refractivity (Wildman–Crippen MR) is 97.5 cm³/mol. The summed E-state index contributed by atoms with van der Waals surface area (Å²) < 4.78 is 7.52. The second-order valence-electron chi connectivity index (χ2n) is 5.68.